The van der Waals surface area contributed by atoms with E-state index in [4.69, 9.17) is 14.2 Å². The molecule has 0 saturated carbocycles. The topological polar surface area (TPSA) is 39.7 Å². The molecular formula is C8H15NO3. The molecule has 0 aromatic heterocycles. The monoisotopic (exact) mass is 173 g/mol. The fraction of sp³-hybridized carbons (Fsp3) is 1.00. The molecule has 0 aromatic rings. The lowest BCUT2D eigenvalue weighted by atomic mass is 9.91. The maximum Gasteiger partial charge on any atom is 0.132 e. The van der Waals surface area contributed by atoms with E-state index < -0.39 is 0 Å². The molecule has 1 N–H and O–H groups in total. The highest BCUT2D eigenvalue weighted by Crippen LogP contribution is 2.28. The molecule has 0 radical (unpaired) electrons. The van der Waals surface area contributed by atoms with Gasteiger partial charge in [-0.1, -0.05) is 0 Å². The average Bonchev–Trinajstić information content (AvgIpc) is 2.03. The quantitative estimate of drug-likeness (QED) is 0.604. The zero-order valence-corrected chi connectivity index (χ0v) is 7.34. The number of methoxy groups -OCH3 is 1. The Morgan fingerprint density at radius 1 is 1.58 bits per heavy atom. The first kappa shape index (κ1) is 8.44. The van der Waals surface area contributed by atoms with Gasteiger partial charge in [-0.05, 0) is 0 Å². The second-order valence-electron chi connectivity index (χ2n) is 3.37. The van der Waals surface area contributed by atoms with Gasteiger partial charge in [0.25, 0.3) is 0 Å². The Labute approximate surface area is 72.2 Å². The van der Waals surface area contributed by atoms with E-state index in [9.17, 15) is 0 Å². The Morgan fingerprint density at radius 3 is 3.00 bits per heavy atom. The highest BCUT2D eigenvalue weighted by molar-refractivity contribution is 5.00. The van der Waals surface area contributed by atoms with Crippen LogP contribution in [0.3, 0.4) is 0 Å². The van der Waals surface area contributed by atoms with Crippen molar-refractivity contribution in [2.45, 2.75) is 11.6 Å². The molecule has 2 saturated heterocycles. The molecule has 0 amide bonds. The molecule has 1 unspecified atom stereocenters. The fourth-order valence-corrected chi connectivity index (χ4v) is 1.74. The van der Waals surface area contributed by atoms with E-state index in [0.29, 0.717) is 25.9 Å². The number of hydrogen-bond acceptors (Lipinski definition) is 4. The van der Waals surface area contributed by atoms with Gasteiger partial charge in [0.1, 0.15) is 5.60 Å². The molecule has 4 heteroatoms. The van der Waals surface area contributed by atoms with E-state index in [1.165, 1.54) is 0 Å². The molecule has 0 bridgehead atoms. The van der Waals surface area contributed by atoms with Gasteiger partial charge in [0.2, 0.25) is 0 Å². The van der Waals surface area contributed by atoms with Gasteiger partial charge >= 0.3 is 0 Å². The van der Waals surface area contributed by atoms with Gasteiger partial charge < -0.3 is 19.5 Å². The van der Waals surface area contributed by atoms with Crippen LogP contribution in [0.1, 0.15) is 0 Å². The minimum atomic E-state index is -0.0890. The van der Waals surface area contributed by atoms with E-state index in [2.05, 4.69) is 5.32 Å². The summed E-state index contributed by atoms with van der Waals surface area (Å²) in [5, 5.41) is 3.38. The van der Waals surface area contributed by atoms with Crippen LogP contribution in [-0.4, -0.2) is 51.7 Å². The molecule has 1 atom stereocenters. The molecule has 2 fully saturated rings. The van der Waals surface area contributed by atoms with Crippen LogP contribution in [0.15, 0.2) is 0 Å². The van der Waals surface area contributed by atoms with Gasteiger partial charge in [0, 0.05) is 13.7 Å². The van der Waals surface area contributed by atoms with Crippen molar-refractivity contribution in [2.24, 2.45) is 0 Å². The average molecular weight is 173 g/mol. The highest BCUT2D eigenvalue weighted by Gasteiger charge is 2.48. The van der Waals surface area contributed by atoms with Crippen molar-refractivity contribution in [3.8, 4) is 0 Å². The van der Waals surface area contributed by atoms with Crippen molar-refractivity contribution in [3.63, 3.8) is 0 Å². The van der Waals surface area contributed by atoms with Crippen LogP contribution in [0.4, 0.5) is 0 Å². The van der Waals surface area contributed by atoms with E-state index in [1.807, 2.05) is 0 Å². The summed E-state index contributed by atoms with van der Waals surface area (Å²) in [4.78, 5) is 0. The molecule has 1 spiro atoms. The Hall–Kier alpha value is -0.160. The van der Waals surface area contributed by atoms with Crippen molar-refractivity contribution in [3.05, 3.63) is 0 Å². The molecule has 0 aliphatic carbocycles. The molecule has 2 aliphatic heterocycles. The first-order chi connectivity index (χ1) is 5.87. The molecule has 2 heterocycles. The summed E-state index contributed by atoms with van der Waals surface area (Å²) in [5.41, 5.74) is -0.0890. The van der Waals surface area contributed by atoms with Crippen LogP contribution in [0, 0.1) is 0 Å². The molecule has 0 aromatic carbocycles. The normalized spacial score (nSPS) is 33.2. The summed E-state index contributed by atoms with van der Waals surface area (Å²) >= 11 is 0. The third kappa shape index (κ3) is 1.25. The first-order valence-electron chi connectivity index (χ1n) is 4.31. The number of nitrogens with one attached hydrogen (secondary N) is 1. The van der Waals surface area contributed by atoms with Crippen molar-refractivity contribution < 1.29 is 14.2 Å². The van der Waals surface area contributed by atoms with Crippen LogP contribution in [-0.2, 0) is 14.2 Å². The van der Waals surface area contributed by atoms with Gasteiger partial charge in [0.05, 0.1) is 32.5 Å². The van der Waals surface area contributed by atoms with Crippen molar-refractivity contribution >= 4 is 0 Å². The molecule has 2 rings (SSSR count). The van der Waals surface area contributed by atoms with Gasteiger partial charge in [-0.2, -0.15) is 0 Å². The van der Waals surface area contributed by atoms with Crippen LogP contribution >= 0.6 is 0 Å². The standard InChI is InChI=1S/C8H15NO3/c1-10-4-7-8(5-11-6-8)12-3-2-9-7/h7,9H,2-6H2,1H3. The second kappa shape index (κ2) is 3.30. The third-order valence-corrected chi connectivity index (χ3v) is 2.54. The van der Waals surface area contributed by atoms with Crippen LogP contribution < -0.4 is 5.32 Å². The minimum absolute atomic E-state index is 0.0890. The lowest BCUT2D eigenvalue weighted by Crippen LogP contribution is -2.69. The molecule has 2 aliphatic rings. The Morgan fingerprint density at radius 2 is 2.42 bits per heavy atom. The van der Waals surface area contributed by atoms with Crippen LogP contribution in [0.2, 0.25) is 0 Å². The van der Waals surface area contributed by atoms with E-state index in [-0.39, 0.29) is 5.60 Å². The smallest absolute Gasteiger partial charge is 0.132 e. The molecule has 4 nitrogen and oxygen atoms in total. The Balaban J connectivity index is 1.97. The number of morpholine rings is 1. The second-order valence-corrected chi connectivity index (χ2v) is 3.37. The van der Waals surface area contributed by atoms with E-state index in [1.54, 1.807) is 7.11 Å². The number of hydrogen-bond donors (Lipinski definition) is 1. The predicted octanol–water partition coefficient (Wildman–Crippen LogP) is -0.610. The van der Waals surface area contributed by atoms with Gasteiger partial charge in [-0.25, -0.2) is 0 Å². The zero-order valence-electron chi connectivity index (χ0n) is 7.34. The maximum absolute atomic E-state index is 5.70. The predicted molar refractivity (Wildman–Crippen MR) is 43.2 cm³/mol. The number of rotatable bonds is 2. The van der Waals surface area contributed by atoms with Crippen LogP contribution in [0.25, 0.3) is 0 Å². The highest BCUT2D eigenvalue weighted by atomic mass is 16.6. The lowest BCUT2D eigenvalue weighted by molar-refractivity contribution is -0.242. The van der Waals surface area contributed by atoms with Crippen LogP contribution in [0.5, 0.6) is 0 Å². The van der Waals surface area contributed by atoms with E-state index in [0.717, 1.165) is 13.2 Å². The Kier molecular flexibility index (Phi) is 2.32. The summed E-state index contributed by atoms with van der Waals surface area (Å²) in [6.07, 6.45) is 0. The van der Waals surface area contributed by atoms with Crippen molar-refractivity contribution in [1.29, 1.82) is 0 Å². The summed E-state index contributed by atoms with van der Waals surface area (Å²) < 4.78 is 16.0. The number of ether oxygens (including phenoxy) is 3. The summed E-state index contributed by atoms with van der Waals surface area (Å²) in [7, 11) is 1.71. The van der Waals surface area contributed by atoms with Gasteiger partial charge in [-0.3, -0.25) is 0 Å². The third-order valence-electron chi connectivity index (χ3n) is 2.54. The lowest BCUT2D eigenvalue weighted by Gasteiger charge is -2.49. The van der Waals surface area contributed by atoms with Crippen molar-refractivity contribution in [1.82, 2.24) is 5.32 Å². The van der Waals surface area contributed by atoms with E-state index >= 15 is 0 Å². The summed E-state index contributed by atoms with van der Waals surface area (Å²) in [5.74, 6) is 0. The first-order valence-corrected chi connectivity index (χ1v) is 4.31. The van der Waals surface area contributed by atoms with Gasteiger partial charge in [-0.15, -0.1) is 0 Å². The summed E-state index contributed by atoms with van der Waals surface area (Å²) in [6.45, 7) is 3.80. The van der Waals surface area contributed by atoms with Gasteiger partial charge in [0.15, 0.2) is 0 Å². The molecular weight excluding hydrogens is 158 g/mol. The molecule has 70 valence electrons. The zero-order chi connectivity index (χ0) is 8.44. The minimum Gasteiger partial charge on any atom is -0.383 e. The Bertz CT molecular complexity index is 156. The fourth-order valence-electron chi connectivity index (χ4n) is 1.74. The summed E-state index contributed by atoms with van der Waals surface area (Å²) in [6, 6.07) is 0.296. The maximum atomic E-state index is 5.70. The molecule has 12 heavy (non-hydrogen) atoms. The van der Waals surface area contributed by atoms with Crippen molar-refractivity contribution in [2.75, 3.05) is 40.1 Å². The SMILES string of the molecule is COCC1NCCOC12COC2. The largest absolute Gasteiger partial charge is 0.383 e.